The molecule has 1 N–H and O–H groups in total. The Morgan fingerprint density at radius 2 is 1.83 bits per heavy atom. The van der Waals surface area contributed by atoms with E-state index in [0.29, 0.717) is 11.3 Å². The van der Waals surface area contributed by atoms with Crippen molar-refractivity contribution in [3.05, 3.63) is 29.3 Å². The summed E-state index contributed by atoms with van der Waals surface area (Å²) in [4.78, 5) is 35.7. The first kappa shape index (κ1) is 18.7. The van der Waals surface area contributed by atoms with Gasteiger partial charge < -0.3 is 14.8 Å². The van der Waals surface area contributed by atoms with Gasteiger partial charge in [0.2, 0.25) is 5.91 Å². The number of hydrogen-bond acceptors (Lipinski definition) is 5. The van der Waals surface area contributed by atoms with E-state index in [0.717, 1.165) is 0 Å². The summed E-state index contributed by atoms with van der Waals surface area (Å²) < 4.78 is 10.1. The Bertz CT molecular complexity index is 601. The lowest BCUT2D eigenvalue weighted by Crippen LogP contribution is -2.27. The normalized spacial score (nSPS) is 10.8. The van der Waals surface area contributed by atoms with Crippen LogP contribution >= 0.6 is 0 Å². The van der Waals surface area contributed by atoms with Gasteiger partial charge in [0.1, 0.15) is 12.0 Å². The zero-order chi connectivity index (χ0) is 17.6. The molecule has 0 bridgehead atoms. The van der Waals surface area contributed by atoms with Crippen LogP contribution in [0.15, 0.2) is 18.2 Å². The van der Waals surface area contributed by atoms with E-state index in [4.69, 9.17) is 9.47 Å². The number of benzene rings is 1. The maximum Gasteiger partial charge on any atom is 0.340 e. The van der Waals surface area contributed by atoms with Crippen LogP contribution < -0.4 is 5.32 Å². The highest BCUT2D eigenvalue weighted by atomic mass is 16.6. The summed E-state index contributed by atoms with van der Waals surface area (Å²) in [6.45, 7) is 8.87. The molecule has 0 heterocycles. The molecule has 0 saturated carbocycles. The number of amides is 1. The number of carbonyl (C=O) groups is 3. The molecule has 0 spiro atoms. The number of aryl methyl sites for hydroxylation is 1. The predicted octanol–water partition coefficient (Wildman–Crippen LogP) is 2.84. The van der Waals surface area contributed by atoms with Gasteiger partial charge in [0.25, 0.3) is 0 Å². The Morgan fingerprint density at radius 3 is 2.39 bits per heavy atom. The molecule has 1 aromatic carbocycles. The molecule has 0 aliphatic carbocycles. The van der Waals surface area contributed by atoms with Crippen LogP contribution in [0.3, 0.4) is 0 Å². The van der Waals surface area contributed by atoms with Crippen molar-refractivity contribution in [3.8, 4) is 0 Å². The third-order valence-electron chi connectivity index (χ3n) is 2.76. The van der Waals surface area contributed by atoms with Gasteiger partial charge in [0.15, 0.2) is 0 Å². The van der Waals surface area contributed by atoms with Crippen molar-refractivity contribution in [1.82, 2.24) is 0 Å². The largest absolute Gasteiger partial charge is 0.462 e. The number of carbonyl (C=O) groups excluding carboxylic acids is 3. The summed E-state index contributed by atoms with van der Waals surface area (Å²) in [5, 5.41) is 2.59. The van der Waals surface area contributed by atoms with Gasteiger partial charge in [-0.05, 0) is 46.2 Å². The van der Waals surface area contributed by atoms with E-state index in [9.17, 15) is 14.4 Å². The van der Waals surface area contributed by atoms with Gasteiger partial charge in [-0.15, -0.1) is 0 Å². The molecule has 0 aliphatic rings. The second kappa shape index (κ2) is 7.76. The van der Waals surface area contributed by atoms with Crippen LogP contribution in [0.2, 0.25) is 0 Å². The van der Waals surface area contributed by atoms with Gasteiger partial charge in [-0.1, -0.05) is 12.1 Å². The molecular weight excluding hydrogens is 298 g/mol. The van der Waals surface area contributed by atoms with E-state index in [-0.39, 0.29) is 12.2 Å². The van der Waals surface area contributed by atoms with Crippen molar-refractivity contribution < 1.29 is 23.9 Å². The van der Waals surface area contributed by atoms with Crippen LogP contribution in [-0.2, 0) is 19.1 Å². The first-order valence-corrected chi connectivity index (χ1v) is 7.42. The summed E-state index contributed by atoms with van der Waals surface area (Å²) >= 11 is 0. The second-order valence-electron chi connectivity index (χ2n) is 6.03. The van der Waals surface area contributed by atoms with Crippen LogP contribution in [0.5, 0.6) is 0 Å². The maximum absolute atomic E-state index is 12.0. The van der Waals surface area contributed by atoms with Gasteiger partial charge in [0, 0.05) is 0 Å². The van der Waals surface area contributed by atoms with Crippen LogP contribution in [0.1, 0.15) is 50.0 Å². The quantitative estimate of drug-likeness (QED) is 0.666. The van der Waals surface area contributed by atoms with Gasteiger partial charge in [0.05, 0.1) is 17.9 Å². The van der Waals surface area contributed by atoms with E-state index in [2.05, 4.69) is 5.32 Å². The SMILES string of the molecule is CCOC(=O)c1cccc(C)c1NC(=O)CC(=O)OC(C)(C)C. The second-order valence-corrected chi connectivity index (χ2v) is 6.03. The molecule has 1 rings (SSSR count). The molecule has 0 saturated heterocycles. The summed E-state index contributed by atoms with van der Waals surface area (Å²) in [6.07, 6.45) is -0.423. The lowest BCUT2D eigenvalue weighted by atomic mass is 10.1. The summed E-state index contributed by atoms with van der Waals surface area (Å²) in [5.74, 6) is -1.69. The molecule has 0 aromatic heterocycles. The van der Waals surface area contributed by atoms with Crippen molar-refractivity contribution in [2.24, 2.45) is 0 Å². The molecule has 6 heteroatoms. The molecular formula is C17H23NO5. The van der Waals surface area contributed by atoms with E-state index >= 15 is 0 Å². The highest BCUT2D eigenvalue weighted by Crippen LogP contribution is 2.22. The van der Waals surface area contributed by atoms with Gasteiger partial charge in [-0.3, -0.25) is 9.59 Å². The first-order valence-electron chi connectivity index (χ1n) is 7.42. The Balaban J connectivity index is 2.86. The fourth-order valence-corrected chi connectivity index (χ4v) is 1.90. The first-order chi connectivity index (χ1) is 10.6. The van der Waals surface area contributed by atoms with Crippen LogP contribution in [0, 0.1) is 6.92 Å². The molecule has 0 fully saturated rings. The highest BCUT2D eigenvalue weighted by molar-refractivity contribution is 6.06. The zero-order valence-corrected chi connectivity index (χ0v) is 14.2. The maximum atomic E-state index is 12.0. The molecule has 1 amide bonds. The average Bonchev–Trinajstić information content (AvgIpc) is 2.38. The van der Waals surface area contributed by atoms with Crippen molar-refractivity contribution in [1.29, 1.82) is 0 Å². The third-order valence-corrected chi connectivity index (χ3v) is 2.76. The van der Waals surface area contributed by atoms with E-state index < -0.39 is 29.9 Å². The van der Waals surface area contributed by atoms with Crippen LogP contribution in [-0.4, -0.2) is 30.1 Å². The minimum absolute atomic E-state index is 0.234. The smallest absolute Gasteiger partial charge is 0.340 e. The number of anilines is 1. The van der Waals surface area contributed by atoms with E-state index in [1.54, 1.807) is 52.8 Å². The topological polar surface area (TPSA) is 81.7 Å². The van der Waals surface area contributed by atoms with Crippen molar-refractivity contribution in [2.75, 3.05) is 11.9 Å². The molecule has 0 unspecified atom stereocenters. The zero-order valence-electron chi connectivity index (χ0n) is 14.2. The minimum Gasteiger partial charge on any atom is -0.462 e. The Morgan fingerprint density at radius 1 is 1.17 bits per heavy atom. The number of esters is 2. The van der Waals surface area contributed by atoms with Gasteiger partial charge >= 0.3 is 11.9 Å². The van der Waals surface area contributed by atoms with E-state index in [1.165, 1.54) is 0 Å². The third kappa shape index (κ3) is 6.10. The summed E-state index contributed by atoms with van der Waals surface area (Å²) in [5.41, 5.74) is 0.646. The summed E-state index contributed by atoms with van der Waals surface area (Å²) in [7, 11) is 0. The number of rotatable bonds is 5. The lowest BCUT2D eigenvalue weighted by molar-refractivity contribution is -0.155. The van der Waals surface area contributed by atoms with Crippen LogP contribution in [0.4, 0.5) is 5.69 Å². The molecule has 0 radical (unpaired) electrons. The molecule has 0 aliphatic heterocycles. The lowest BCUT2D eigenvalue weighted by Gasteiger charge is -2.19. The molecule has 126 valence electrons. The van der Waals surface area contributed by atoms with Gasteiger partial charge in [-0.2, -0.15) is 0 Å². The highest BCUT2D eigenvalue weighted by Gasteiger charge is 2.21. The van der Waals surface area contributed by atoms with Gasteiger partial charge in [-0.25, -0.2) is 4.79 Å². The van der Waals surface area contributed by atoms with Crippen molar-refractivity contribution in [3.63, 3.8) is 0 Å². The average molecular weight is 321 g/mol. The monoisotopic (exact) mass is 321 g/mol. The van der Waals surface area contributed by atoms with Crippen molar-refractivity contribution in [2.45, 2.75) is 46.6 Å². The number of para-hydroxylation sites is 1. The van der Waals surface area contributed by atoms with Crippen molar-refractivity contribution >= 4 is 23.5 Å². The Labute approximate surface area is 136 Å². The number of nitrogens with one attached hydrogen (secondary N) is 1. The van der Waals surface area contributed by atoms with Crippen LogP contribution in [0.25, 0.3) is 0 Å². The Hall–Kier alpha value is -2.37. The molecule has 6 nitrogen and oxygen atoms in total. The molecule has 23 heavy (non-hydrogen) atoms. The molecule has 1 aromatic rings. The van der Waals surface area contributed by atoms with E-state index in [1.807, 2.05) is 0 Å². The Kier molecular flexibility index (Phi) is 6.30. The summed E-state index contributed by atoms with van der Waals surface area (Å²) in [6, 6.07) is 5.02. The fourth-order valence-electron chi connectivity index (χ4n) is 1.90. The predicted molar refractivity (Wildman–Crippen MR) is 86.2 cm³/mol. The minimum atomic E-state index is -0.657. The molecule has 0 atom stereocenters. The fraction of sp³-hybridized carbons (Fsp3) is 0.471. The standard InChI is InChI=1S/C17H23NO5/c1-6-22-16(21)12-9-7-8-11(2)15(12)18-13(19)10-14(20)23-17(3,4)5/h7-9H,6,10H2,1-5H3,(H,18,19). The number of hydrogen-bond donors (Lipinski definition) is 1. The number of ether oxygens (including phenoxy) is 2.